The van der Waals surface area contributed by atoms with Crippen LogP contribution in [-0.4, -0.2) is 29.0 Å². The van der Waals surface area contributed by atoms with Gasteiger partial charge in [0.2, 0.25) is 0 Å². The van der Waals surface area contributed by atoms with E-state index in [1.165, 1.54) is 11.1 Å². The van der Waals surface area contributed by atoms with Gasteiger partial charge < -0.3 is 10.0 Å². The molecule has 0 unspecified atom stereocenters. The summed E-state index contributed by atoms with van der Waals surface area (Å²) in [6, 6.07) is 6.70. The van der Waals surface area contributed by atoms with Gasteiger partial charge in [0.25, 0.3) is 5.91 Å². The Kier molecular flexibility index (Phi) is 5.03. The van der Waals surface area contributed by atoms with Crippen molar-refractivity contribution in [1.29, 1.82) is 0 Å². The highest BCUT2D eigenvalue weighted by Gasteiger charge is 2.32. The van der Waals surface area contributed by atoms with Crippen LogP contribution in [0.15, 0.2) is 47.6 Å². The molecule has 1 aliphatic carbocycles. The van der Waals surface area contributed by atoms with Crippen LogP contribution in [0.4, 0.5) is 0 Å². The number of fused-ring (bicyclic) bond motifs is 1. The molecule has 1 aromatic rings. The molecule has 3 rings (SSSR count). The maximum Gasteiger partial charge on any atom is 0.254 e. The van der Waals surface area contributed by atoms with E-state index in [2.05, 4.69) is 32.9 Å². The third-order valence-electron chi connectivity index (χ3n) is 5.52. The lowest BCUT2D eigenvalue weighted by Gasteiger charge is -2.39. The molecule has 0 aromatic heterocycles. The third-order valence-corrected chi connectivity index (χ3v) is 5.52. The molecule has 1 saturated heterocycles. The zero-order valence-corrected chi connectivity index (χ0v) is 15.6. The zero-order valence-electron chi connectivity index (χ0n) is 15.6. The van der Waals surface area contributed by atoms with Crippen molar-refractivity contribution in [2.45, 2.75) is 46.5 Å². The Bertz CT molecular complexity index is 709. The lowest BCUT2D eigenvalue weighted by Crippen LogP contribution is -2.41. The van der Waals surface area contributed by atoms with Gasteiger partial charge in [-0.2, -0.15) is 0 Å². The maximum atomic E-state index is 13.0. The summed E-state index contributed by atoms with van der Waals surface area (Å²) < 4.78 is 0. The van der Waals surface area contributed by atoms with Gasteiger partial charge in [-0.1, -0.05) is 39.0 Å². The highest BCUT2D eigenvalue weighted by molar-refractivity contribution is 5.94. The molecule has 1 atom stereocenters. The monoisotopic (exact) mass is 339 g/mol. The van der Waals surface area contributed by atoms with Crippen LogP contribution in [-0.2, 0) is 0 Å². The standard InChI is InChI=1S/C22H29NO2/c1-22(2,3)19-13-17-8-5-4-7-16(17)11-12-23(15-19)21(25)18-9-6-10-20(24)14-18/h6-10,14,19,24H,4-5,11-13,15H2,1-3H3/t19-/m0/s1. The van der Waals surface area contributed by atoms with Gasteiger partial charge in [-0.3, -0.25) is 4.79 Å². The number of likely N-dealkylation sites (tertiary alicyclic amines) is 1. The summed E-state index contributed by atoms with van der Waals surface area (Å²) in [5.41, 5.74) is 3.63. The summed E-state index contributed by atoms with van der Waals surface area (Å²) in [6.45, 7) is 8.31. The van der Waals surface area contributed by atoms with Crippen LogP contribution in [0.25, 0.3) is 0 Å². The Morgan fingerprint density at radius 2 is 1.88 bits per heavy atom. The van der Waals surface area contributed by atoms with Crippen LogP contribution in [0.2, 0.25) is 0 Å². The zero-order chi connectivity index (χ0) is 18.0. The first-order valence-corrected chi connectivity index (χ1v) is 9.31. The van der Waals surface area contributed by atoms with E-state index in [1.807, 2.05) is 4.90 Å². The summed E-state index contributed by atoms with van der Waals surface area (Å²) in [5.74, 6) is 0.585. The van der Waals surface area contributed by atoms with Gasteiger partial charge in [0.15, 0.2) is 0 Å². The van der Waals surface area contributed by atoms with E-state index in [0.29, 0.717) is 11.5 Å². The molecule has 0 radical (unpaired) electrons. The molecule has 1 aromatic carbocycles. The fourth-order valence-corrected chi connectivity index (χ4v) is 3.78. The Balaban J connectivity index is 1.88. The second-order valence-corrected chi connectivity index (χ2v) is 8.35. The van der Waals surface area contributed by atoms with E-state index in [0.717, 1.165) is 38.8 Å². The number of hydrogen-bond acceptors (Lipinski definition) is 2. The molecule has 3 nitrogen and oxygen atoms in total. The maximum absolute atomic E-state index is 13.0. The highest BCUT2D eigenvalue weighted by atomic mass is 16.3. The fraction of sp³-hybridized carbons (Fsp3) is 0.500. The summed E-state index contributed by atoms with van der Waals surface area (Å²) in [6.07, 6.45) is 8.98. The van der Waals surface area contributed by atoms with Gasteiger partial charge in [0.1, 0.15) is 5.75 Å². The van der Waals surface area contributed by atoms with Crippen molar-refractivity contribution >= 4 is 5.91 Å². The number of benzene rings is 1. The van der Waals surface area contributed by atoms with Gasteiger partial charge in [-0.15, -0.1) is 0 Å². The van der Waals surface area contributed by atoms with Crippen LogP contribution >= 0.6 is 0 Å². The van der Waals surface area contributed by atoms with Crippen molar-refractivity contribution in [3.63, 3.8) is 0 Å². The van der Waals surface area contributed by atoms with Crippen molar-refractivity contribution < 1.29 is 9.90 Å². The molecule has 0 saturated carbocycles. The number of phenols is 1. The summed E-state index contributed by atoms with van der Waals surface area (Å²) in [4.78, 5) is 15.0. The second-order valence-electron chi connectivity index (χ2n) is 8.35. The Morgan fingerprint density at radius 1 is 1.16 bits per heavy atom. The van der Waals surface area contributed by atoms with E-state index in [1.54, 1.807) is 24.3 Å². The molecule has 0 bridgehead atoms. The van der Waals surface area contributed by atoms with E-state index >= 15 is 0 Å². The molecule has 1 fully saturated rings. The van der Waals surface area contributed by atoms with E-state index < -0.39 is 0 Å². The quantitative estimate of drug-likeness (QED) is 0.787. The van der Waals surface area contributed by atoms with Crippen molar-refractivity contribution in [3.05, 3.63) is 53.1 Å². The number of aromatic hydroxyl groups is 1. The SMILES string of the molecule is CC(C)(C)[C@H]1CC2=CCCC=C2CCN(C(=O)c2cccc(O)c2)C1. The van der Waals surface area contributed by atoms with Gasteiger partial charge in [0.05, 0.1) is 0 Å². The lowest BCUT2D eigenvalue weighted by molar-refractivity contribution is 0.0666. The Morgan fingerprint density at radius 3 is 2.56 bits per heavy atom. The molecule has 134 valence electrons. The van der Waals surface area contributed by atoms with Crippen molar-refractivity contribution in [2.24, 2.45) is 11.3 Å². The van der Waals surface area contributed by atoms with Crippen molar-refractivity contribution in [1.82, 2.24) is 4.90 Å². The molecule has 3 heteroatoms. The summed E-state index contributed by atoms with van der Waals surface area (Å²) in [5, 5.41) is 9.71. The number of phenolic OH excluding ortho intramolecular Hbond substituents is 1. The number of carbonyl (C=O) groups excluding carboxylic acids is 1. The van der Waals surface area contributed by atoms with Crippen LogP contribution in [0, 0.1) is 11.3 Å². The van der Waals surface area contributed by atoms with E-state index in [4.69, 9.17) is 0 Å². The van der Waals surface area contributed by atoms with Gasteiger partial charge in [0, 0.05) is 18.7 Å². The molecular weight excluding hydrogens is 310 g/mol. The predicted molar refractivity (Wildman–Crippen MR) is 102 cm³/mol. The molecule has 0 spiro atoms. The molecule has 1 N–H and O–H groups in total. The van der Waals surface area contributed by atoms with Crippen LogP contribution < -0.4 is 0 Å². The topological polar surface area (TPSA) is 40.5 Å². The van der Waals surface area contributed by atoms with Crippen molar-refractivity contribution in [2.75, 3.05) is 13.1 Å². The first kappa shape index (κ1) is 17.8. The Labute approximate surface area is 151 Å². The van der Waals surface area contributed by atoms with Crippen LogP contribution in [0.5, 0.6) is 5.75 Å². The number of hydrogen-bond donors (Lipinski definition) is 1. The fourth-order valence-electron chi connectivity index (χ4n) is 3.78. The summed E-state index contributed by atoms with van der Waals surface area (Å²) in [7, 11) is 0. The lowest BCUT2D eigenvalue weighted by atomic mass is 9.74. The molecule has 1 amide bonds. The highest BCUT2D eigenvalue weighted by Crippen LogP contribution is 2.38. The Hall–Kier alpha value is -2.03. The van der Waals surface area contributed by atoms with E-state index in [-0.39, 0.29) is 17.1 Å². The van der Waals surface area contributed by atoms with Crippen LogP contribution in [0.3, 0.4) is 0 Å². The smallest absolute Gasteiger partial charge is 0.254 e. The molecule has 2 aliphatic rings. The van der Waals surface area contributed by atoms with Gasteiger partial charge >= 0.3 is 0 Å². The number of amides is 1. The first-order chi connectivity index (χ1) is 11.8. The van der Waals surface area contributed by atoms with Gasteiger partial charge in [-0.25, -0.2) is 0 Å². The summed E-state index contributed by atoms with van der Waals surface area (Å²) >= 11 is 0. The minimum Gasteiger partial charge on any atom is -0.508 e. The largest absolute Gasteiger partial charge is 0.508 e. The second kappa shape index (κ2) is 7.07. The third kappa shape index (κ3) is 4.15. The van der Waals surface area contributed by atoms with Gasteiger partial charge in [-0.05, 0) is 66.4 Å². The number of carbonyl (C=O) groups is 1. The average Bonchev–Trinajstić information content (AvgIpc) is 2.54. The number of rotatable bonds is 1. The molecule has 1 aliphatic heterocycles. The predicted octanol–water partition coefficient (Wildman–Crippen LogP) is 4.94. The number of allylic oxidation sites excluding steroid dienone is 3. The van der Waals surface area contributed by atoms with E-state index in [9.17, 15) is 9.90 Å². The van der Waals surface area contributed by atoms with Crippen LogP contribution in [0.1, 0.15) is 56.8 Å². The average molecular weight is 339 g/mol. The molecule has 1 heterocycles. The minimum atomic E-state index is 0.0222. The minimum absolute atomic E-state index is 0.0222. The molecular formula is C22H29NO2. The van der Waals surface area contributed by atoms with Crippen molar-refractivity contribution in [3.8, 4) is 5.75 Å². The number of nitrogens with zero attached hydrogens (tertiary/aromatic N) is 1. The first-order valence-electron chi connectivity index (χ1n) is 9.31. The molecule has 25 heavy (non-hydrogen) atoms. The normalized spacial score (nSPS) is 21.6.